The van der Waals surface area contributed by atoms with Crippen molar-refractivity contribution in [3.8, 4) is 5.75 Å². The summed E-state index contributed by atoms with van der Waals surface area (Å²) in [6.07, 6.45) is -1.75. The molecule has 0 aliphatic carbocycles. The first-order valence-corrected chi connectivity index (χ1v) is 11.9. The Morgan fingerprint density at radius 1 is 1.17 bits per heavy atom. The van der Waals surface area contributed by atoms with Crippen LogP contribution in [0.3, 0.4) is 0 Å². The van der Waals surface area contributed by atoms with E-state index in [2.05, 4.69) is 5.32 Å². The third-order valence-corrected chi connectivity index (χ3v) is 5.97. The SMILES string of the molecule is CC(C)(C)OC(=O)N1CCO[C@@H](c2ccc(Cl)c(Cl)c2)[C@H](CNC(=O)Oc2ccc([N+](=O)[O-])cc2)C1. The smallest absolute Gasteiger partial charge is 0.412 e. The molecule has 10 nitrogen and oxygen atoms in total. The summed E-state index contributed by atoms with van der Waals surface area (Å²) in [6, 6.07) is 10.3. The van der Waals surface area contributed by atoms with Gasteiger partial charge in [-0.2, -0.15) is 0 Å². The highest BCUT2D eigenvalue weighted by atomic mass is 35.5. The highest BCUT2D eigenvalue weighted by Crippen LogP contribution is 2.33. The van der Waals surface area contributed by atoms with Crippen molar-refractivity contribution in [1.82, 2.24) is 10.2 Å². The molecule has 3 rings (SSSR count). The summed E-state index contributed by atoms with van der Waals surface area (Å²) in [6.45, 7) is 6.22. The van der Waals surface area contributed by atoms with Crippen molar-refractivity contribution in [1.29, 1.82) is 0 Å². The highest BCUT2D eigenvalue weighted by molar-refractivity contribution is 6.42. The van der Waals surface area contributed by atoms with Crippen molar-refractivity contribution in [3.63, 3.8) is 0 Å². The van der Waals surface area contributed by atoms with Gasteiger partial charge in [0.1, 0.15) is 11.4 Å². The molecule has 0 aromatic heterocycles. The molecule has 2 aromatic rings. The predicted octanol–water partition coefficient (Wildman–Crippen LogP) is 5.61. The third kappa shape index (κ3) is 7.71. The van der Waals surface area contributed by atoms with Crippen LogP contribution in [0.1, 0.15) is 32.4 Å². The minimum Gasteiger partial charge on any atom is -0.444 e. The number of carbonyl (C=O) groups is 2. The Morgan fingerprint density at radius 2 is 1.86 bits per heavy atom. The fraction of sp³-hybridized carbons (Fsp3) is 0.417. The zero-order valence-corrected chi connectivity index (χ0v) is 21.5. The Labute approximate surface area is 218 Å². The molecule has 1 saturated heterocycles. The number of non-ortho nitro benzene ring substituents is 1. The first-order valence-electron chi connectivity index (χ1n) is 11.2. The summed E-state index contributed by atoms with van der Waals surface area (Å²) in [5.74, 6) is -0.242. The third-order valence-electron chi connectivity index (χ3n) is 5.23. The maximum absolute atomic E-state index is 12.8. The first kappa shape index (κ1) is 27.5. The van der Waals surface area contributed by atoms with E-state index >= 15 is 0 Å². The number of ether oxygens (including phenoxy) is 3. The van der Waals surface area contributed by atoms with E-state index in [4.69, 9.17) is 37.4 Å². The molecule has 2 atom stereocenters. The number of hydrogen-bond donors (Lipinski definition) is 1. The average Bonchev–Trinajstić information content (AvgIpc) is 3.01. The molecular weight excluding hydrogens is 513 g/mol. The molecule has 1 fully saturated rings. The molecule has 1 aliphatic heterocycles. The maximum Gasteiger partial charge on any atom is 0.412 e. The Kier molecular flexibility index (Phi) is 8.99. The Bertz CT molecular complexity index is 1110. The van der Waals surface area contributed by atoms with Gasteiger partial charge in [0.05, 0.1) is 27.7 Å². The summed E-state index contributed by atoms with van der Waals surface area (Å²) in [7, 11) is 0. The van der Waals surface area contributed by atoms with Gasteiger partial charge in [-0.25, -0.2) is 9.59 Å². The molecular formula is C24H27Cl2N3O7. The summed E-state index contributed by atoms with van der Waals surface area (Å²) in [5, 5.41) is 14.2. The molecule has 36 heavy (non-hydrogen) atoms. The number of benzene rings is 2. The average molecular weight is 540 g/mol. The van der Waals surface area contributed by atoms with Crippen LogP contribution in [0.15, 0.2) is 42.5 Å². The molecule has 194 valence electrons. The molecule has 1 aliphatic rings. The lowest BCUT2D eigenvalue weighted by Gasteiger charge is -2.30. The molecule has 0 unspecified atom stereocenters. The fourth-order valence-electron chi connectivity index (χ4n) is 3.61. The van der Waals surface area contributed by atoms with Crippen molar-refractivity contribution < 1.29 is 28.7 Å². The lowest BCUT2D eigenvalue weighted by molar-refractivity contribution is -0.384. The second-order valence-corrected chi connectivity index (χ2v) is 9.99. The van der Waals surface area contributed by atoms with Crippen LogP contribution in [-0.4, -0.2) is 53.9 Å². The van der Waals surface area contributed by atoms with Crippen molar-refractivity contribution in [2.75, 3.05) is 26.2 Å². The van der Waals surface area contributed by atoms with Crippen LogP contribution in [-0.2, 0) is 9.47 Å². The number of nitrogens with one attached hydrogen (secondary N) is 1. The molecule has 0 saturated carbocycles. The van der Waals surface area contributed by atoms with Gasteiger partial charge in [-0.3, -0.25) is 10.1 Å². The van der Waals surface area contributed by atoms with Crippen LogP contribution in [0.2, 0.25) is 10.0 Å². The van der Waals surface area contributed by atoms with E-state index in [1.807, 2.05) is 0 Å². The van der Waals surface area contributed by atoms with E-state index in [1.54, 1.807) is 39.0 Å². The van der Waals surface area contributed by atoms with Crippen molar-refractivity contribution in [3.05, 3.63) is 68.2 Å². The molecule has 0 radical (unpaired) electrons. The molecule has 1 heterocycles. The second-order valence-electron chi connectivity index (χ2n) is 9.17. The minimum absolute atomic E-state index is 0.0933. The Morgan fingerprint density at radius 3 is 2.47 bits per heavy atom. The molecule has 1 N–H and O–H groups in total. The topological polar surface area (TPSA) is 120 Å². The van der Waals surface area contributed by atoms with E-state index in [9.17, 15) is 19.7 Å². The van der Waals surface area contributed by atoms with Gasteiger partial charge in [-0.15, -0.1) is 0 Å². The number of nitrogens with zero attached hydrogens (tertiary/aromatic N) is 2. The van der Waals surface area contributed by atoms with Crippen LogP contribution in [0.4, 0.5) is 15.3 Å². The standard InChI is InChI=1S/C24H27Cl2N3O7/c1-24(2,3)36-23(31)28-10-11-34-21(15-4-9-19(25)20(26)12-15)16(14-28)13-27-22(30)35-18-7-5-17(6-8-18)29(32)33/h4-9,12,16,21H,10-11,13-14H2,1-3H3,(H,27,30)/t16-,21+/m1/s1. The molecule has 0 spiro atoms. The quantitative estimate of drug-likeness (QED) is 0.386. The number of halogens is 2. The Hall–Kier alpha value is -3.08. The van der Waals surface area contributed by atoms with E-state index in [1.165, 1.54) is 29.2 Å². The summed E-state index contributed by atoms with van der Waals surface area (Å²) < 4.78 is 16.8. The van der Waals surface area contributed by atoms with Crippen LogP contribution in [0.25, 0.3) is 0 Å². The molecule has 0 bridgehead atoms. The zero-order chi connectivity index (χ0) is 26.5. The summed E-state index contributed by atoms with van der Waals surface area (Å²) in [5.41, 5.74) is -0.0496. The van der Waals surface area contributed by atoms with Gasteiger partial charge in [-0.05, 0) is 50.6 Å². The monoisotopic (exact) mass is 539 g/mol. The van der Waals surface area contributed by atoms with Gasteiger partial charge in [0.25, 0.3) is 5.69 Å². The fourth-order valence-corrected chi connectivity index (χ4v) is 3.92. The normalized spacial score (nSPS) is 18.2. The lowest BCUT2D eigenvalue weighted by Crippen LogP contribution is -2.43. The lowest BCUT2D eigenvalue weighted by atomic mass is 9.95. The van der Waals surface area contributed by atoms with Crippen molar-refractivity contribution in [2.24, 2.45) is 5.92 Å². The van der Waals surface area contributed by atoms with Crippen LogP contribution >= 0.6 is 23.2 Å². The first-order chi connectivity index (χ1) is 16.9. The number of nitro groups is 1. The van der Waals surface area contributed by atoms with Gasteiger partial charge in [-0.1, -0.05) is 29.3 Å². The van der Waals surface area contributed by atoms with E-state index in [0.717, 1.165) is 5.56 Å². The summed E-state index contributed by atoms with van der Waals surface area (Å²) in [4.78, 5) is 37.0. The van der Waals surface area contributed by atoms with Crippen LogP contribution in [0, 0.1) is 16.0 Å². The van der Waals surface area contributed by atoms with Gasteiger partial charge in [0, 0.05) is 37.7 Å². The van der Waals surface area contributed by atoms with E-state index in [-0.39, 0.29) is 37.1 Å². The van der Waals surface area contributed by atoms with Gasteiger partial charge >= 0.3 is 12.2 Å². The highest BCUT2D eigenvalue weighted by Gasteiger charge is 2.33. The number of nitro benzene ring substituents is 1. The largest absolute Gasteiger partial charge is 0.444 e. The minimum atomic E-state index is -0.759. The number of rotatable bonds is 5. The molecule has 2 amide bonds. The van der Waals surface area contributed by atoms with Crippen molar-refractivity contribution in [2.45, 2.75) is 32.5 Å². The van der Waals surface area contributed by atoms with E-state index < -0.39 is 28.8 Å². The second kappa shape index (κ2) is 11.8. The van der Waals surface area contributed by atoms with Gasteiger partial charge in [0.2, 0.25) is 0 Å². The predicted molar refractivity (Wildman–Crippen MR) is 134 cm³/mol. The Balaban J connectivity index is 1.75. The zero-order valence-electron chi connectivity index (χ0n) is 20.0. The number of hydrogen-bond acceptors (Lipinski definition) is 7. The van der Waals surface area contributed by atoms with Gasteiger partial charge in [0.15, 0.2) is 0 Å². The van der Waals surface area contributed by atoms with E-state index in [0.29, 0.717) is 16.6 Å². The van der Waals surface area contributed by atoms with Gasteiger partial charge < -0.3 is 24.4 Å². The summed E-state index contributed by atoms with van der Waals surface area (Å²) >= 11 is 12.3. The molecule has 2 aromatic carbocycles. The number of amides is 2. The maximum atomic E-state index is 12.8. The van der Waals surface area contributed by atoms with Crippen LogP contribution < -0.4 is 10.1 Å². The van der Waals surface area contributed by atoms with Crippen molar-refractivity contribution >= 4 is 41.1 Å². The number of carbonyl (C=O) groups excluding carboxylic acids is 2. The van der Waals surface area contributed by atoms with Crippen LogP contribution in [0.5, 0.6) is 5.75 Å². The molecule has 12 heteroatoms.